The molecule has 6 aromatic rings. The Hall–Kier alpha value is -2.92. The van der Waals surface area contributed by atoms with Gasteiger partial charge in [-0.3, -0.25) is 9.11 Å². The van der Waals surface area contributed by atoms with Gasteiger partial charge in [-0.1, -0.05) is 109 Å². The fourth-order valence-electron chi connectivity index (χ4n) is 5.17. The Morgan fingerprint density at radius 1 is 0.345 bits per heavy atom. The minimum Gasteiger partial charge on any atom is -0.744 e. The average molecular weight is 883 g/mol. The Kier molecular flexibility index (Phi) is 15.1. The normalized spacial score (nSPS) is 13.0. The van der Waals surface area contributed by atoms with Crippen molar-refractivity contribution in [3.05, 3.63) is 158 Å². The predicted octanol–water partition coefficient (Wildman–Crippen LogP) is 2.81. The molecular weight excluding hydrogens is 855 g/mol. The van der Waals surface area contributed by atoms with Gasteiger partial charge in [0.1, 0.15) is 20.2 Å². The smallest absolute Gasteiger partial charge is 0.744 e. The number of hydrogen-bond acceptors (Lipinski definition) is 10. The van der Waals surface area contributed by atoms with Gasteiger partial charge in [0.05, 0.1) is 19.6 Å². The van der Waals surface area contributed by atoms with Gasteiger partial charge in [-0.15, -0.1) is 0 Å². The summed E-state index contributed by atoms with van der Waals surface area (Å²) in [4.78, 5) is -1.21. The van der Waals surface area contributed by atoms with Crippen LogP contribution in [0.15, 0.2) is 177 Å². The molecule has 0 amide bonds. The summed E-state index contributed by atoms with van der Waals surface area (Å²) in [5, 5.41) is 3.99. The fourth-order valence-corrected chi connectivity index (χ4v) is 12.3. The first-order valence-electron chi connectivity index (χ1n) is 15.3. The van der Waals surface area contributed by atoms with Gasteiger partial charge < -0.3 is 9.11 Å². The van der Waals surface area contributed by atoms with Gasteiger partial charge in [-0.2, -0.15) is 16.8 Å². The molecule has 280 valence electrons. The Morgan fingerprint density at radius 3 is 0.836 bits per heavy atom. The summed E-state index contributed by atoms with van der Waals surface area (Å²) < 4.78 is 133. The van der Waals surface area contributed by atoms with Crippen LogP contribution in [0.5, 0.6) is 0 Å². The molecule has 2 atom stereocenters. The topological polar surface area (TPSA) is 223 Å². The summed E-state index contributed by atoms with van der Waals surface area (Å²) in [7, 11) is -20.7. The predicted molar refractivity (Wildman–Crippen MR) is 212 cm³/mol. The molecule has 0 fully saturated rings. The number of benzene rings is 6. The van der Waals surface area contributed by atoms with Gasteiger partial charge in [-0.05, 0) is 96.2 Å². The van der Waals surface area contributed by atoms with E-state index >= 15 is 0 Å². The van der Waals surface area contributed by atoms with Crippen molar-refractivity contribution in [2.24, 2.45) is 0 Å². The van der Waals surface area contributed by atoms with Crippen LogP contribution in [-0.2, 0) is 40.5 Å². The molecular formula is C36H28CaO12P2S4. The van der Waals surface area contributed by atoms with Gasteiger partial charge in [0.25, 0.3) is 20.2 Å². The van der Waals surface area contributed by atoms with E-state index in [0.29, 0.717) is 21.2 Å². The van der Waals surface area contributed by atoms with E-state index in [1.54, 1.807) is 24.3 Å². The summed E-state index contributed by atoms with van der Waals surface area (Å²) in [5.41, 5.74) is 0. The van der Waals surface area contributed by atoms with Crippen LogP contribution < -0.4 is 31.8 Å². The molecule has 2 N–H and O–H groups in total. The third-order valence-electron chi connectivity index (χ3n) is 7.51. The largest absolute Gasteiger partial charge is 2.00 e. The second-order valence-corrected chi connectivity index (χ2v) is 21.2. The zero-order valence-corrected chi connectivity index (χ0v) is 35.5. The van der Waals surface area contributed by atoms with Crippen molar-refractivity contribution in [1.29, 1.82) is 0 Å². The Morgan fingerprint density at radius 2 is 0.582 bits per heavy atom. The summed E-state index contributed by atoms with van der Waals surface area (Å²) in [5.74, 6) is 0. The maximum atomic E-state index is 11.5. The average Bonchev–Trinajstić information content (AvgIpc) is 3.12. The Bertz CT molecular complexity index is 2400. The zero-order chi connectivity index (χ0) is 39.3. The molecule has 6 rings (SSSR count). The molecule has 0 spiro atoms. The first-order valence-corrected chi connectivity index (χ1v) is 23.7. The summed E-state index contributed by atoms with van der Waals surface area (Å²) in [6.45, 7) is 0. The van der Waals surface area contributed by atoms with Crippen molar-refractivity contribution in [3.63, 3.8) is 0 Å². The molecule has 0 bridgehead atoms. The molecule has 55 heavy (non-hydrogen) atoms. The van der Waals surface area contributed by atoms with E-state index in [9.17, 15) is 51.9 Å². The minimum atomic E-state index is -4.63. The van der Waals surface area contributed by atoms with Crippen molar-refractivity contribution in [1.82, 2.24) is 0 Å². The van der Waals surface area contributed by atoms with Gasteiger partial charge in [0, 0.05) is 0 Å². The van der Waals surface area contributed by atoms with Crippen LogP contribution in [0.25, 0.3) is 0 Å². The molecule has 0 heterocycles. The van der Waals surface area contributed by atoms with Crippen molar-refractivity contribution in [2.75, 3.05) is 0 Å². The van der Waals surface area contributed by atoms with Crippen molar-refractivity contribution < 1.29 is 51.9 Å². The van der Waals surface area contributed by atoms with E-state index in [2.05, 4.69) is 0 Å². The Labute approximate surface area is 351 Å². The van der Waals surface area contributed by atoms with E-state index < -0.39 is 56.3 Å². The first-order chi connectivity index (χ1) is 25.3. The Balaban J connectivity index is 0.000000240. The van der Waals surface area contributed by atoms with Crippen LogP contribution in [0.4, 0.5) is 0 Å². The van der Waals surface area contributed by atoms with Crippen LogP contribution in [0.1, 0.15) is 0 Å². The van der Waals surface area contributed by atoms with E-state index in [1.165, 1.54) is 72.8 Å². The van der Waals surface area contributed by atoms with Crippen molar-refractivity contribution >= 4 is 126 Å². The molecule has 0 aliphatic rings. The van der Waals surface area contributed by atoms with E-state index in [-0.39, 0.29) is 57.3 Å². The third-order valence-corrected chi connectivity index (χ3v) is 15.7. The van der Waals surface area contributed by atoms with Gasteiger partial charge in [0.15, 0.2) is 0 Å². The van der Waals surface area contributed by atoms with Crippen molar-refractivity contribution in [2.45, 2.75) is 19.6 Å². The second-order valence-electron chi connectivity index (χ2n) is 11.2. The molecule has 19 heteroatoms. The van der Waals surface area contributed by atoms with Gasteiger partial charge in [-0.25, -0.2) is 16.8 Å². The maximum Gasteiger partial charge on any atom is 2.00 e. The van der Waals surface area contributed by atoms with E-state index in [1.807, 2.05) is 60.7 Å². The van der Waals surface area contributed by atoms with E-state index in [0.717, 1.165) is 10.6 Å². The zero-order valence-electron chi connectivity index (χ0n) is 28.2. The maximum absolute atomic E-state index is 11.5. The molecule has 0 saturated heterocycles. The monoisotopic (exact) mass is 882 g/mol. The van der Waals surface area contributed by atoms with Crippen LogP contribution in [-0.4, -0.2) is 89.6 Å². The van der Waals surface area contributed by atoms with Crippen molar-refractivity contribution in [3.8, 4) is 0 Å². The first kappa shape index (κ1) is 44.8. The molecule has 2 unspecified atom stereocenters. The minimum absolute atomic E-state index is 0. The van der Waals surface area contributed by atoms with E-state index in [4.69, 9.17) is 0 Å². The summed E-state index contributed by atoms with van der Waals surface area (Å²) >= 11 is 0. The molecule has 0 aromatic heterocycles. The number of rotatable bonds is 10. The standard InChI is InChI=1S/2C18H15O6PS2.Ca/c2*19-26(20,21)17-10-4-8-15(12-17)25(14-6-2-1-3-7-14)16-9-5-11-18(13-16)27(22,23)24;/h2*1-13H,(H,19,20,21)(H,22,23,24);/q;;+2/p-2. The van der Waals surface area contributed by atoms with Crippen LogP contribution >= 0.6 is 15.8 Å². The quantitative estimate of drug-likeness (QED) is 0.115. The SMILES string of the molecule is O=S(=O)([O-])c1cccc(P(c2ccccc2)c2cccc(S(=O)(=O)O)c2)c1.O=S(=O)([O-])c1cccc(P(c2ccccc2)c2cccc(S(=O)(=O)O)c2)c1.[Ca+2]. The molecule has 0 aliphatic heterocycles. The fraction of sp³-hybridized carbons (Fsp3) is 0. The van der Waals surface area contributed by atoms with Crippen LogP contribution in [0.2, 0.25) is 0 Å². The second kappa shape index (κ2) is 18.6. The van der Waals surface area contributed by atoms with Gasteiger partial charge >= 0.3 is 37.7 Å². The molecule has 0 saturated carbocycles. The summed E-state index contributed by atoms with van der Waals surface area (Å²) in [6, 6.07) is 41.3. The molecule has 6 aromatic carbocycles. The third kappa shape index (κ3) is 12.0. The molecule has 0 aliphatic carbocycles. The molecule has 0 radical (unpaired) electrons. The molecule has 12 nitrogen and oxygen atoms in total. The summed E-state index contributed by atoms with van der Waals surface area (Å²) in [6.07, 6.45) is 0. The van der Waals surface area contributed by atoms with Gasteiger partial charge in [0.2, 0.25) is 0 Å². The van der Waals surface area contributed by atoms with Crippen LogP contribution in [0, 0.1) is 0 Å². The number of hydrogen-bond donors (Lipinski definition) is 2. The van der Waals surface area contributed by atoms with Crippen LogP contribution in [0.3, 0.4) is 0 Å².